The summed E-state index contributed by atoms with van der Waals surface area (Å²) in [7, 11) is 0. The molecule has 0 aliphatic heterocycles. The average molecular weight is 250 g/mol. The van der Waals surface area contributed by atoms with E-state index in [1.807, 2.05) is 6.92 Å². The van der Waals surface area contributed by atoms with Crippen molar-refractivity contribution < 1.29 is 9.18 Å². The third kappa shape index (κ3) is 2.19. The number of hydrogen-bond donors (Lipinski definition) is 2. The third-order valence-electron chi connectivity index (χ3n) is 3.97. The van der Waals surface area contributed by atoms with Crippen LogP contribution >= 0.6 is 0 Å². The molecule has 2 unspecified atom stereocenters. The van der Waals surface area contributed by atoms with Crippen LogP contribution in [0.25, 0.3) is 0 Å². The van der Waals surface area contributed by atoms with Crippen molar-refractivity contribution in [2.75, 3.05) is 5.32 Å². The number of benzene rings is 1. The second-order valence-corrected chi connectivity index (χ2v) is 5.09. The number of anilines is 1. The molecule has 0 radical (unpaired) electrons. The summed E-state index contributed by atoms with van der Waals surface area (Å²) < 4.78 is 13.7. The van der Waals surface area contributed by atoms with Crippen molar-refractivity contribution in [3.05, 3.63) is 30.1 Å². The van der Waals surface area contributed by atoms with Crippen LogP contribution in [0.15, 0.2) is 24.3 Å². The fraction of sp³-hybridized carbons (Fsp3) is 0.500. The molecule has 0 saturated heterocycles. The van der Waals surface area contributed by atoms with Gasteiger partial charge in [-0.25, -0.2) is 4.39 Å². The molecule has 0 bridgehead atoms. The molecule has 1 amide bonds. The highest BCUT2D eigenvalue weighted by molar-refractivity contribution is 5.88. The monoisotopic (exact) mass is 250 g/mol. The lowest BCUT2D eigenvalue weighted by molar-refractivity contribution is -0.124. The minimum atomic E-state index is -0.819. The Labute approximate surface area is 107 Å². The Balaban J connectivity index is 2.32. The Kier molecular flexibility index (Phi) is 3.55. The molecule has 0 heterocycles. The molecule has 2 atom stereocenters. The van der Waals surface area contributed by atoms with Crippen molar-refractivity contribution >= 4 is 11.6 Å². The molecule has 1 aliphatic carbocycles. The van der Waals surface area contributed by atoms with E-state index in [0.29, 0.717) is 12.1 Å². The number of amides is 1. The van der Waals surface area contributed by atoms with Crippen molar-refractivity contribution in [3.63, 3.8) is 0 Å². The molecule has 18 heavy (non-hydrogen) atoms. The summed E-state index contributed by atoms with van der Waals surface area (Å²) in [5, 5.41) is 3.06. The second-order valence-electron chi connectivity index (χ2n) is 5.09. The Bertz CT molecular complexity index is 449. The molecule has 4 heteroatoms. The highest BCUT2D eigenvalue weighted by atomic mass is 19.1. The number of carbonyl (C=O) groups is 1. The van der Waals surface area contributed by atoms with Gasteiger partial charge in [0.2, 0.25) is 5.91 Å². The first-order chi connectivity index (χ1) is 8.56. The Hall–Kier alpha value is -1.58. The summed E-state index contributed by atoms with van der Waals surface area (Å²) in [6.45, 7) is 2.00. The third-order valence-corrected chi connectivity index (χ3v) is 3.97. The predicted octanol–water partition coefficient (Wildman–Crippen LogP) is 2.67. The first kappa shape index (κ1) is 12.9. The number of primary amides is 1. The molecule has 0 aromatic heterocycles. The maximum Gasteiger partial charge on any atom is 0.243 e. The summed E-state index contributed by atoms with van der Waals surface area (Å²) in [5.41, 5.74) is 5.10. The van der Waals surface area contributed by atoms with Crippen molar-refractivity contribution in [3.8, 4) is 0 Å². The van der Waals surface area contributed by atoms with Gasteiger partial charge in [0.05, 0.1) is 5.69 Å². The van der Waals surface area contributed by atoms with Crippen LogP contribution in [0.5, 0.6) is 0 Å². The molecule has 98 valence electrons. The minimum Gasteiger partial charge on any atom is -0.369 e. The molecule has 3 nitrogen and oxygen atoms in total. The fourth-order valence-electron chi connectivity index (χ4n) is 2.76. The van der Waals surface area contributed by atoms with E-state index in [-0.39, 0.29) is 11.7 Å². The summed E-state index contributed by atoms with van der Waals surface area (Å²) >= 11 is 0. The predicted molar refractivity (Wildman–Crippen MR) is 69.6 cm³/mol. The van der Waals surface area contributed by atoms with E-state index in [4.69, 9.17) is 5.73 Å². The average Bonchev–Trinajstić information content (AvgIpc) is 2.34. The lowest BCUT2D eigenvalue weighted by Gasteiger charge is -2.41. The zero-order valence-electron chi connectivity index (χ0n) is 10.6. The van der Waals surface area contributed by atoms with E-state index in [1.54, 1.807) is 18.2 Å². The van der Waals surface area contributed by atoms with E-state index in [0.717, 1.165) is 19.3 Å². The molecule has 2 rings (SSSR count). The Morgan fingerprint density at radius 3 is 2.78 bits per heavy atom. The van der Waals surface area contributed by atoms with E-state index < -0.39 is 11.4 Å². The summed E-state index contributed by atoms with van der Waals surface area (Å²) in [5.74, 6) is -0.628. The summed E-state index contributed by atoms with van der Waals surface area (Å²) in [4.78, 5) is 11.8. The molecule has 1 aromatic rings. The number of nitrogens with two attached hydrogens (primary N) is 1. The van der Waals surface area contributed by atoms with E-state index in [2.05, 4.69) is 5.32 Å². The molecule has 0 spiro atoms. The first-order valence-electron chi connectivity index (χ1n) is 6.39. The first-order valence-corrected chi connectivity index (χ1v) is 6.39. The van der Waals surface area contributed by atoms with E-state index in [1.165, 1.54) is 6.07 Å². The smallest absolute Gasteiger partial charge is 0.243 e. The second kappa shape index (κ2) is 4.96. The van der Waals surface area contributed by atoms with Gasteiger partial charge in [0, 0.05) is 0 Å². The standard InChI is InChI=1S/C14H19FN2O/c1-10-6-4-5-9-14(10,13(16)18)17-12-8-3-2-7-11(12)15/h2-3,7-8,10,17H,4-6,9H2,1H3,(H2,16,18). The van der Waals surface area contributed by atoms with Crippen molar-refractivity contribution in [2.24, 2.45) is 11.7 Å². The summed E-state index contributed by atoms with van der Waals surface area (Å²) in [6.07, 6.45) is 3.63. The van der Waals surface area contributed by atoms with Crippen molar-refractivity contribution in [2.45, 2.75) is 38.1 Å². The number of para-hydroxylation sites is 1. The largest absolute Gasteiger partial charge is 0.369 e. The Morgan fingerprint density at radius 1 is 1.44 bits per heavy atom. The molecular formula is C14H19FN2O. The van der Waals surface area contributed by atoms with Gasteiger partial charge in [-0.15, -0.1) is 0 Å². The van der Waals surface area contributed by atoms with Gasteiger partial charge < -0.3 is 11.1 Å². The minimum absolute atomic E-state index is 0.114. The van der Waals surface area contributed by atoms with Gasteiger partial charge in [-0.05, 0) is 30.9 Å². The molecule has 3 N–H and O–H groups in total. The lowest BCUT2D eigenvalue weighted by Crippen LogP contribution is -2.56. The zero-order chi connectivity index (χ0) is 13.2. The van der Waals surface area contributed by atoms with Crippen LogP contribution < -0.4 is 11.1 Å². The molecule has 1 saturated carbocycles. The van der Waals surface area contributed by atoms with Crippen LogP contribution in [0, 0.1) is 11.7 Å². The van der Waals surface area contributed by atoms with Crippen molar-refractivity contribution in [1.29, 1.82) is 0 Å². The molecule has 1 aromatic carbocycles. The maximum atomic E-state index is 13.7. The quantitative estimate of drug-likeness (QED) is 0.866. The topological polar surface area (TPSA) is 55.1 Å². The maximum absolute atomic E-state index is 13.7. The Morgan fingerprint density at radius 2 is 2.17 bits per heavy atom. The van der Waals surface area contributed by atoms with Gasteiger partial charge in [0.1, 0.15) is 11.4 Å². The van der Waals surface area contributed by atoms with E-state index in [9.17, 15) is 9.18 Å². The SMILES string of the molecule is CC1CCCCC1(Nc1ccccc1F)C(N)=O. The van der Waals surface area contributed by atoms with Gasteiger partial charge in [-0.3, -0.25) is 4.79 Å². The summed E-state index contributed by atoms with van der Waals surface area (Å²) in [6, 6.07) is 6.39. The lowest BCUT2D eigenvalue weighted by atomic mass is 9.73. The van der Waals surface area contributed by atoms with Crippen LogP contribution in [0.3, 0.4) is 0 Å². The van der Waals surface area contributed by atoms with Gasteiger partial charge in [0.25, 0.3) is 0 Å². The van der Waals surface area contributed by atoms with E-state index >= 15 is 0 Å². The number of halogens is 1. The van der Waals surface area contributed by atoms with Crippen LogP contribution in [-0.4, -0.2) is 11.4 Å². The number of hydrogen-bond acceptors (Lipinski definition) is 2. The van der Waals surface area contributed by atoms with Gasteiger partial charge in [0.15, 0.2) is 0 Å². The highest BCUT2D eigenvalue weighted by Gasteiger charge is 2.43. The zero-order valence-corrected chi connectivity index (χ0v) is 10.6. The van der Waals surface area contributed by atoms with Crippen molar-refractivity contribution in [1.82, 2.24) is 0 Å². The highest BCUT2D eigenvalue weighted by Crippen LogP contribution is 2.36. The normalized spacial score (nSPS) is 27.8. The molecular weight excluding hydrogens is 231 g/mol. The fourth-order valence-corrected chi connectivity index (χ4v) is 2.76. The number of rotatable bonds is 3. The van der Waals surface area contributed by atoms with Crippen LogP contribution in [0.2, 0.25) is 0 Å². The molecule has 1 aliphatic rings. The van der Waals surface area contributed by atoms with Gasteiger partial charge in [-0.2, -0.15) is 0 Å². The van der Waals surface area contributed by atoms with Crippen LogP contribution in [0.4, 0.5) is 10.1 Å². The number of carbonyl (C=O) groups excluding carboxylic acids is 1. The van der Waals surface area contributed by atoms with Crippen LogP contribution in [0.1, 0.15) is 32.6 Å². The van der Waals surface area contributed by atoms with Crippen LogP contribution in [-0.2, 0) is 4.79 Å². The molecule has 1 fully saturated rings. The van der Waals surface area contributed by atoms with Gasteiger partial charge >= 0.3 is 0 Å². The number of nitrogens with one attached hydrogen (secondary N) is 1. The van der Waals surface area contributed by atoms with Gasteiger partial charge in [-0.1, -0.05) is 31.9 Å².